The molecule has 4 nitrogen and oxygen atoms in total. The van der Waals surface area contributed by atoms with Crippen molar-refractivity contribution >= 4 is 17.6 Å². The lowest BCUT2D eigenvalue weighted by atomic mass is 10.1. The van der Waals surface area contributed by atoms with Crippen molar-refractivity contribution in [3.8, 4) is 0 Å². The van der Waals surface area contributed by atoms with Crippen molar-refractivity contribution in [3.05, 3.63) is 70.2 Å². The normalized spacial score (nSPS) is 12.8. The van der Waals surface area contributed by atoms with Gasteiger partial charge >= 0.3 is 0 Å². The Bertz CT molecular complexity index is 671. The van der Waals surface area contributed by atoms with Gasteiger partial charge in [-0.15, -0.1) is 0 Å². The van der Waals surface area contributed by atoms with Gasteiger partial charge in [0.15, 0.2) is 5.96 Å². The SMILES string of the molecule is CCNC(=NCc1ccccc1Cl)NCC(O)c1ccc(C)cc1. The Hall–Kier alpha value is -2.04. The van der Waals surface area contributed by atoms with E-state index in [1.165, 1.54) is 5.56 Å². The second kappa shape index (κ2) is 9.30. The number of aryl methyl sites for hydroxylation is 1. The van der Waals surface area contributed by atoms with E-state index >= 15 is 0 Å². The first-order valence-electron chi connectivity index (χ1n) is 8.10. The number of nitrogens with one attached hydrogen (secondary N) is 2. The lowest BCUT2D eigenvalue weighted by molar-refractivity contribution is 0.181. The van der Waals surface area contributed by atoms with Gasteiger partial charge in [0.05, 0.1) is 12.6 Å². The fourth-order valence-electron chi connectivity index (χ4n) is 2.23. The zero-order valence-electron chi connectivity index (χ0n) is 14.1. The molecular weight excluding hydrogens is 322 g/mol. The molecule has 0 heterocycles. The molecule has 0 saturated heterocycles. The first-order valence-corrected chi connectivity index (χ1v) is 8.48. The van der Waals surface area contributed by atoms with Gasteiger partial charge in [0.1, 0.15) is 0 Å². The van der Waals surface area contributed by atoms with E-state index in [1.54, 1.807) is 0 Å². The Balaban J connectivity index is 1.96. The predicted molar refractivity (Wildman–Crippen MR) is 100 cm³/mol. The highest BCUT2D eigenvalue weighted by atomic mass is 35.5. The average molecular weight is 346 g/mol. The number of aliphatic hydroxyl groups is 1. The van der Waals surface area contributed by atoms with Crippen molar-refractivity contribution in [1.29, 1.82) is 0 Å². The van der Waals surface area contributed by atoms with Gasteiger partial charge in [0.25, 0.3) is 0 Å². The Kier molecular flexibility index (Phi) is 7.09. The van der Waals surface area contributed by atoms with Crippen molar-refractivity contribution in [2.24, 2.45) is 4.99 Å². The molecule has 2 aromatic carbocycles. The minimum Gasteiger partial charge on any atom is -0.387 e. The number of benzene rings is 2. The summed E-state index contributed by atoms with van der Waals surface area (Å²) < 4.78 is 0. The molecule has 0 radical (unpaired) electrons. The molecule has 0 aliphatic carbocycles. The maximum atomic E-state index is 10.3. The minimum atomic E-state index is -0.588. The third-order valence-electron chi connectivity index (χ3n) is 3.63. The van der Waals surface area contributed by atoms with Crippen LogP contribution in [0.5, 0.6) is 0 Å². The van der Waals surface area contributed by atoms with Crippen LogP contribution in [0.1, 0.15) is 29.7 Å². The summed E-state index contributed by atoms with van der Waals surface area (Å²) in [5, 5.41) is 17.3. The van der Waals surface area contributed by atoms with Crippen LogP contribution in [-0.4, -0.2) is 24.2 Å². The zero-order valence-corrected chi connectivity index (χ0v) is 14.8. The molecule has 0 fully saturated rings. The summed E-state index contributed by atoms with van der Waals surface area (Å²) in [7, 11) is 0. The number of guanidine groups is 1. The largest absolute Gasteiger partial charge is 0.387 e. The highest BCUT2D eigenvalue weighted by Crippen LogP contribution is 2.16. The summed E-state index contributed by atoms with van der Waals surface area (Å²) in [4.78, 5) is 4.52. The van der Waals surface area contributed by atoms with Crippen molar-refractivity contribution in [1.82, 2.24) is 10.6 Å². The molecule has 0 aliphatic rings. The lowest BCUT2D eigenvalue weighted by Gasteiger charge is -2.16. The molecule has 128 valence electrons. The molecule has 5 heteroatoms. The number of nitrogens with zero attached hydrogens (tertiary/aromatic N) is 1. The fourth-order valence-corrected chi connectivity index (χ4v) is 2.43. The highest BCUT2D eigenvalue weighted by molar-refractivity contribution is 6.31. The number of hydrogen-bond acceptors (Lipinski definition) is 2. The van der Waals surface area contributed by atoms with Crippen molar-refractivity contribution in [3.63, 3.8) is 0 Å². The smallest absolute Gasteiger partial charge is 0.191 e. The summed E-state index contributed by atoms with van der Waals surface area (Å²) in [5.41, 5.74) is 3.03. The van der Waals surface area contributed by atoms with Crippen LogP contribution >= 0.6 is 11.6 Å². The Morgan fingerprint density at radius 2 is 1.83 bits per heavy atom. The fraction of sp³-hybridized carbons (Fsp3) is 0.316. The Morgan fingerprint density at radius 1 is 1.12 bits per heavy atom. The third-order valence-corrected chi connectivity index (χ3v) is 4.00. The summed E-state index contributed by atoms with van der Waals surface area (Å²) in [6.07, 6.45) is -0.588. The van der Waals surface area contributed by atoms with Crippen LogP contribution < -0.4 is 10.6 Å². The number of aliphatic imine (C=N–C) groups is 1. The van der Waals surface area contributed by atoms with Crippen LogP contribution in [0, 0.1) is 6.92 Å². The summed E-state index contributed by atoms with van der Waals surface area (Å²) >= 11 is 6.15. The average Bonchev–Trinajstić information content (AvgIpc) is 2.59. The van der Waals surface area contributed by atoms with E-state index < -0.39 is 6.10 Å². The second-order valence-electron chi connectivity index (χ2n) is 5.59. The van der Waals surface area contributed by atoms with E-state index in [1.807, 2.05) is 62.4 Å². The molecule has 24 heavy (non-hydrogen) atoms. The van der Waals surface area contributed by atoms with E-state index in [4.69, 9.17) is 11.6 Å². The van der Waals surface area contributed by atoms with Gasteiger partial charge in [-0.2, -0.15) is 0 Å². The van der Waals surface area contributed by atoms with Gasteiger partial charge in [-0.3, -0.25) is 0 Å². The van der Waals surface area contributed by atoms with Crippen LogP contribution in [0.2, 0.25) is 5.02 Å². The van der Waals surface area contributed by atoms with Crippen LogP contribution in [0.15, 0.2) is 53.5 Å². The molecule has 0 amide bonds. The highest BCUT2D eigenvalue weighted by Gasteiger charge is 2.08. The first-order chi connectivity index (χ1) is 11.6. The molecular formula is C19H24ClN3O. The molecule has 2 aromatic rings. The maximum absolute atomic E-state index is 10.3. The molecule has 1 atom stereocenters. The van der Waals surface area contributed by atoms with Crippen LogP contribution in [-0.2, 0) is 6.54 Å². The molecule has 0 aromatic heterocycles. The second-order valence-corrected chi connectivity index (χ2v) is 6.00. The van der Waals surface area contributed by atoms with Gasteiger partial charge in [-0.25, -0.2) is 4.99 Å². The van der Waals surface area contributed by atoms with Crippen LogP contribution in [0.3, 0.4) is 0 Å². The first kappa shape index (κ1) is 18.3. The van der Waals surface area contributed by atoms with Crippen LogP contribution in [0.4, 0.5) is 0 Å². The van der Waals surface area contributed by atoms with Gasteiger partial charge < -0.3 is 15.7 Å². The van der Waals surface area contributed by atoms with Gasteiger partial charge in [0.2, 0.25) is 0 Å². The molecule has 0 aliphatic heterocycles. The number of halogens is 1. The Morgan fingerprint density at radius 3 is 2.50 bits per heavy atom. The molecule has 2 rings (SSSR count). The minimum absolute atomic E-state index is 0.386. The molecule has 0 saturated carbocycles. The van der Waals surface area contributed by atoms with Gasteiger partial charge in [0, 0.05) is 18.1 Å². The summed E-state index contributed by atoms with van der Waals surface area (Å²) in [6, 6.07) is 15.5. The molecule has 0 spiro atoms. The number of rotatable bonds is 6. The monoisotopic (exact) mass is 345 g/mol. The maximum Gasteiger partial charge on any atom is 0.191 e. The zero-order chi connectivity index (χ0) is 17.4. The van der Waals surface area contributed by atoms with Gasteiger partial charge in [-0.1, -0.05) is 59.6 Å². The standard InChI is InChI=1S/C19H24ClN3O/c1-3-21-19(22-12-16-6-4-5-7-17(16)20)23-13-18(24)15-10-8-14(2)9-11-15/h4-11,18,24H,3,12-13H2,1-2H3,(H2,21,22,23). The quantitative estimate of drug-likeness (QED) is 0.555. The van der Waals surface area contributed by atoms with E-state index in [2.05, 4.69) is 15.6 Å². The van der Waals surface area contributed by atoms with Crippen LogP contribution in [0.25, 0.3) is 0 Å². The van der Waals surface area contributed by atoms with Crippen molar-refractivity contribution in [2.45, 2.75) is 26.5 Å². The topological polar surface area (TPSA) is 56.7 Å². The number of aliphatic hydroxyl groups excluding tert-OH is 1. The van der Waals surface area contributed by atoms with E-state index in [0.717, 1.165) is 17.7 Å². The predicted octanol–water partition coefficient (Wildman–Crippen LogP) is 3.44. The molecule has 3 N–H and O–H groups in total. The van der Waals surface area contributed by atoms with Gasteiger partial charge in [-0.05, 0) is 31.0 Å². The molecule has 1 unspecified atom stereocenters. The summed E-state index contributed by atoms with van der Waals surface area (Å²) in [5.74, 6) is 0.656. The number of hydrogen-bond donors (Lipinski definition) is 3. The lowest BCUT2D eigenvalue weighted by Crippen LogP contribution is -2.39. The third kappa shape index (κ3) is 5.55. The Labute approximate surface area is 148 Å². The van der Waals surface area contributed by atoms with E-state index in [9.17, 15) is 5.11 Å². The van der Waals surface area contributed by atoms with Crippen molar-refractivity contribution in [2.75, 3.05) is 13.1 Å². The van der Waals surface area contributed by atoms with E-state index in [-0.39, 0.29) is 0 Å². The molecule has 0 bridgehead atoms. The van der Waals surface area contributed by atoms with Crippen molar-refractivity contribution < 1.29 is 5.11 Å². The summed E-state index contributed by atoms with van der Waals surface area (Å²) in [6.45, 7) is 5.64. The van der Waals surface area contributed by atoms with E-state index in [0.29, 0.717) is 24.1 Å².